The van der Waals surface area contributed by atoms with Crippen LogP contribution in [-0.2, 0) is 16.0 Å². The van der Waals surface area contributed by atoms with Gasteiger partial charge in [-0.2, -0.15) is 0 Å². The van der Waals surface area contributed by atoms with Gasteiger partial charge >= 0.3 is 0 Å². The van der Waals surface area contributed by atoms with Crippen LogP contribution in [0, 0.1) is 0 Å². The van der Waals surface area contributed by atoms with Crippen molar-refractivity contribution in [1.82, 2.24) is 10.9 Å². The predicted molar refractivity (Wildman–Crippen MR) is 177 cm³/mol. The van der Waals surface area contributed by atoms with Crippen LogP contribution in [0.5, 0.6) is 5.75 Å². The fourth-order valence-electron chi connectivity index (χ4n) is 5.28. The molecule has 0 saturated heterocycles. The minimum atomic E-state index is -1.64. The summed E-state index contributed by atoms with van der Waals surface area (Å²) in [6.07, 6.45) is -0.459. The molecular weight excluding hydrogens is 600 g/mol. The van der Waals surface area contributed by atoms with Gasteiger partial charge in [0.05, 0.1) is 25.9 Å². The Morgan fingerprint density at radius 3 is 2.26 bits per heavy atom. The smallest absolute Gasteiger partial charge is 0.266 e. The van der Waals surface area contributed by atoms with Gasteiger partial charge in [0.15, 0.2) is 11.6 Å². The Hall–Kier alpha value is -5.23. The average molecular weight is 637 g/mol. The number of hydrazine groups is 1. The summed E-state index contributed by atoms with van der Waals surface area (Å²) in [5.41, 5.74) is 17.1. The highest BCUT2D eigenvalue weighted by molar-refractivity contribution is 6.01. The molecule has 5 N–H and O–H groups in total. The predicted octanol–water partition coefficient (Wildman–Crippen LogP) is 4.53. The normalized spacial score (nSPS) is 17.0. The van der Waals surface area contributed by atoms with E-state index in [-0.39, 0.29) is 18.9 Å². The maximum absolute atomic E-state index is 14.4. The summed E-state index contributed by atoms with van der Waals surface area (Å²) in [6.45, 7) is -0.468. The third kappa shape index (κ3) is 7.78. The largest absolute Gasteiger partial charge is 0.494 e. The van der Waals surface area contributed by atoms with E-state index in [9.17, 15) is 20.5 Å². The molecule has 0 fully saturated rings. The summed E-state index contributed by atoms with van der Waals surface area (Å²) in [5.74, 6) is 0.224. The van der Waals surface area contributed by atoms with Gasteiger partial charge in [-0.3, -0.25) is 10.2 Å². The highest BCUT2D eigenvalue weighted by Gasteiger charge is 2.53. The van der Waals surface area contributed by atoms with Crippen LogP contribution in [0.1, 0.15) is 29.2 Å². The van der Waals surface area contributed by atoms with E-state index in [4.69, 9.17) is 19.6 Å². The molecule has 4 aromatic carbocycles. The molecule has 242 valence electrons. The van der Waals surface area contributed by atoms with Crippen molar-refractivity contribution in [2.24, 2.45) is 10.1 Å². The van der Waals surface area contributed by atoms with E-state index < -0.39 is 36.8 Å². The molecule has 0 aromatic heterocycles. The number of amides is 1. The van der Waals surface area contributed by atoms with Gasteiger partial charge in [0.2, 0.25) is 5.90 Å². The molecule has 0 unspecified atom stereocenters. The Morgan fingerprint density at radius 2 is 1.57 bits per heavy atom. The molecule has 2 atom stereocenters. The third-order valence-corrected chi connectivity index (χ3v) is 7.79. The van der Waals surface area contributed by atoms with E-state index in [2.05, 4.69) is 20.9 Å². The fourth-order valence-corrected chi connectivity index (χ4v) is 5.28. The lowest BCUT2D eigenvalue weighted by Crippen LogP contribution is -2.57. The second-order valence-corrected chi connectivity index (χ2v) is 10.9. The van der Waals surface area contributed by atoms with Crippen molar-refractivity contribution in [2.75, 3.05) is 26.4 Å². The van der Waals surface area contributed by atoms with E-state index in [0.29, 0.717) is 41.2 Å². The van der Waals surface area contributed by atoms with Crippen LogP contribution < -0.4 is 15.6 Å². The van der Waals surface area contributed by atoms with E-state index in [1.807, 2.05) is 54.6 Å². The molecule has 0 radical (unpaired) electrons. The number of aliphatic imine (C=N–C) groups is 1. The van der Waals surface area contributed by atoms with Crippen molar-refractivity contribution in [2.45, 2.75) is 30.5 Å². The Bertz CT molecular complexity index is 1710. The summed E-state index contributed by atoms with van der Waals surface area (Å²) < 4.78 is 12.2. The second-order valence-electron chi connectivity index (χ2n) is 10.9. The molecule has 0 bridgehead atoms. The molecule has 4 aromatic rings. The maximum atomic E-state index is 14.4. The summed E-state index contributed by atoms with van der Waals surface area (Å²) in [6, 6.07) is 30.8. The van der Waals surface area contributed by atoms with Crippen molar-refractivity contribution < 1.29 is 29.6 Å². The number of rotatable bonds is 15. The van der Waals surface area contributed by atoms with Gasteiger partial charge in [-0.15, -0.1) is 0 Å². The first-order valence-electron chi connectivity index (χ1n) is 15.2. The minimum absolute atomic E-state index is 0.0183. The molecule has 1 heterocycles. The van der Waals surface area contributed by atoms with E-state index in [0.717, 1.165) is 11.1 Å². The first kappa shape index (κ1) is 33.1. The monoisotopic (exact) mass is 636 g/mol. The number of carbonyl (C=O) groups excluding carboxylic acids is 1. The minimum Gasteiger partial charge on any atom is -0.494 e. The summed E-state index contributed by atoms with van der Waals surface area (Å²) in [7, 11) is 0. The van der Waals surface area contributed by atoms with Gasteiger partial charge in [-0.1, -0.05) is 84.0 Å². The topological polar surface area (TPSA) is 181 Å². The second kappa shape index (κ2) is 15.9. The SMILES string of the molecule is [N-]=[N+]=Nc1ccccc1C[C@]1(C(=O)NNC(CO)CO)N=C(c2ccc(OCCCO)cc2)O[C@H]1c1ccc(-c2ccccc2)cc1. The third-order valence-electron chi connectivity index (χ3n) is 7.79. The van der Waals surface area contributed by atoms with Gasteiger partial charge in [0.1, 0.15) is 5.75 Å². The summed E-state index contributed by atoms with van der Waals surface area (Å²) in [4.78, 5) is 22.3. The number of aliphatic hydroxyl groups excluding tert-OH is 3. The number of hydrogen-bond acceptors (Lipinski definition) is 9. The number of nitrogens with zero attached hydrogens (tertiary/aromatic N) is 4. The Labute approximate surface area is 271 Å². The van der Waals surface area contributed by atoms with E-state index in [1.54, 1.807) is 48.5 Å². The van der Waals surface area contributed by atoms with Gasteiger partial charge in [0.25, 0.3) is 5.91 Å². The lowest BCUT2D eigenvalue weighted by atomic mass is 9.81. The number of nitrogens with one attached hydrogen (secondary N) is 2. The highest BCUT2D eigenvalue weighted by atomic mass is 16.5. The van der Waals surface area contributed by atoms with Crippen LogP contribution in [0.4, 0.5) is 5.69 Å². The first-order valence-corrected chi connectivity index (χ1v) is 15.2. The quantitative estimate of drug-likeness (QED) is 0.0418. The maximum Gasteiger partial charge on any atom is 0.266 e. The Kier molecular flexibility index (Phi) is 11.2. The van der Waals surface area contributed by atoms with Gasteiger partial charge in [-0.25, -0.2) is 10.4 Å². The lowest BCUT2D eigenvalue weighted by molar-refractivity contribution is -0.130. The molecule has 12 nitrogen and oxygen atoms in total. The van der Waals surface area contributed by atoms with Crippen molar-refractivity contribution in [3.8, 4) is 16.9 Å². The molecule has 0 aliphatic carbocycles. The fraction of sp³-hybridized carbons (Fsp3) is 0.257. The number of ether oxygens (including phenoxy) is 2. The van der Waals surface area contributed by atoms with Crippen LogP contribution in [-0.4, -0.2) is 65.1 Å². The first-order chi connectivity index (χ1) is 23.0. The highest BCUT2D eigenvalue weighted by Crippen LogP contribution is 2.44. The number of carbonyl (C=O) groups is 1. The van der Waals surface area contributed by atoms with Crippen LogP contribution >= 0.6 is 0 Å². The number of hydrogen-bond donors (Lipinski definition) is 5. The van der Waals surface area contributed by atoms with Gasteiger partial charge in [-0.05, 0) is 52.1 Å². The van der Waals surface area contributed by atoms with E-state index >= 15 is 0 Å². The lowest BCUT2D eigenvalue weighted by Gasteiger charge is -2.32. The van der Waals surface area contributed by atoms with Crippen molar-refractivity contribution in [3.05, 3.63) is 130 Å². The van der Waals surface area contributed by atoms with Crippen molar-refractivity contribution in [1.29, 1.82) is 0 Å². The number of benzene rings is 4. The van der Waals surface area contributed by atoms with Crippen LogP contribution in [0.25, 0.3) is 21.6 Å². The van der Waals surface area contributed by atoms with Crippen molar-refractivity contribution >= 4 is 17.5 Å². The van der Waals surface area contributed by atoms with Crippen LogP contribution in [0.3, 0.4) is 0 Å². The Morgan fingerprint density at radius 1 is 0.915 bits per heavy atom. The van der Waals surface area contributed by atoms with Crippen LogP contribution in [0.2, 0.25) is 0 Å². The number of aliphatic hydroxyl groups is 3. The van der Waals surface area contributed by atoms with E-state index in [1.165, 1.54) is 0 Å². The van der Waals surface area contributed by atoms with Crippen molar-refractivity contribution in [3.63, 3.8) is 0 Å². The zero-order valence-electron chi connectivity index (χ0n) is 25.6. The Balaban J connectivity index is 1.60. The summed E-state index contributed by atoms with van der Waals surface area (Å²) >= 11 is 0. The molecule has 5 rings (SSSR count). The average Bonchev–Trinajstić information content (AvgIpc) is 3.51. The molecule has 1 aliphatic rings. The molecule has 1 aliphatic heterocycles. The zero-order chi connectivity index (χ0) is 33.1. The standard InChI is InChI=1S/C35H36N6O6/c36-41-39-31-10-5-4-9-28(31)21-35(34(45)40-38-29(22-43)23-44)32(26-13-11-25(12-14-26)24-7-2-1-3-8-24)47-33(37-35)27-15-17-30(18-16-27)46-20-6-19-42/h1-5,7-18,29,32,38,42-44H,6,19-23H2,(H,40,45)/t32-,35-/m0/s1. The molecule has 0 spiro atoms. The zero-order valence-corrected chi connectivity index (χ0v) is 25.6. The van der Waals surface area contributed by atoms with Gasteiger partial charge < -0.3 is 24.8 Å². The molecule has 0 saturated carbocycles. The molecule has 1 amide bonds. The van der Waals surface area contributed by atoms with Crippen LogP contribution in [0.15, 0.2) is 113 Å². The summed E-state index contributed by atoms with van der Waals surface area (Å²) in [5, 5.41) is 32.2. The number of azide groups is 1. The molecule has 12 heteroatoms. The van der Waals surface area contributed by atoms with Gasteiger partial charge in [0, 0.05) is 35.6 Å². The molecular formula is C35H36N6O6. The molecule has 47 heavy (non-hydrogen) atoms.